The summed E-state index contributed by atoms with van der Waals surface area (Å²) in [5, 5.41) is 11.1. The number of rotatable bonds is 4. The molecule has 2 heterocycles. The van der Waals surface area contributed by atoms with Gasteiger partial charge in [-0.05, 0) is 10.4 Å². The molecule has 0 N–H and O–H groups in total. The Labute approximate surface area is 104 Å². The van der Waals surface area contributed by atoms with Gasteiger partial charge in [-0.1, -0.05) is 0 Å². The Hall–Kier alpha value is -1.87. The number of hydrogen-bond acceptors (Lipinski definition) is 6. The number of hydrogen-bond donors (Lipinski definition) is 0. The van der Waals surface area contributed by atoms with Gasteiger partial charge in [0, 0.05) is 24.7 Å². The van der Waals surface area contributed by atoms with E-state index in [0.717, 1.165) is 12.7 Å². The minimum absolute atomic E-state index is 0.235. The SMILES string of the molecule is COS(=O)(=O)C[n+]1ccc(-c2nnnn2C)cc1. The van der Waals surface area contributed by atoms with E-state index < -0.39 is 10.1 Å². The zero-order chi connectivity index (χ0) is 13.2. The van der Waals surface area contributed by atoms with E-state index in [9.17, 15) is 8.42 Å². The van der Waals surface area contributed by atoms with Crippen LogP contribution >= 0.6 is 0 Å². The van der Waals surface area contributed by atoms with E-state index in [-0.39, 0.29) is 5.88 Å². The van der Waals surface area contributed by atoms with Gasteiger partial charge >= 0.3 is 10.1 Å². The second kappa shape index (κ2) is 4.78. The van der Waals surface area contributed by atoms with Crippen LogP contribution in [0.15, 0.2) is 24.5 Å². The maximum absolute atomic E-state index is 11.3. The first-order valence-corrected chi connectivity index (χ1v) is 6.60. The zero-order valence-electron chi connectivity index (χ0n) is 9.89. The van der Waals surface area contributed by atoms with Gasteiger partial charge in [0.15, 0.2) is 18.2 Å². The Kier molecular flexibility index (Phi) is 3.34. The molecule has 0 atom stereocenters. The van der Waals surface area contributed by atoms with Crippen molar-refractivity contribution in [3.05, 3.63) is 24.5 Å². The third-order valence-electron chi connectivity index (χ3n) is 2.33. The molecule has 0 unspecified atom stereocenters. The Morgan fingerprint density at radius 1 is 1.39 bits per heavy atom. The molecule has 0 saturated carbocycles. The molecule has 0 fully saturated rings. The highest BCUT2D eigenvalue weighted by molar-refractivity contribution is 7.85. The van der Waals surface area contributed by atoms with Crippen molar-refractivity contribution in [2.24, 2.45) is 7.05 Å². The molecular weight excluding hydrogens is 258 g/mol. The summed E-state index contributed by atoms with van der Waals surface area (Å²) in [7, 11) is -0.668. The lowest BCUT2D eigenvalue weighted by Crippen LogP contribution is -2.37. The van der Waals surface area contributed by atoms with Gasteiger partial charge < -0.3 is 0 Å². The van der Waals surface area contributed by atoms with Crippen LogP contribution in [0.1, 0.15) is 0 Å². The van der Waals surface area contributed by atoms with Crippen LogP contribution in [0, 0.1) is 0 Å². The van der Waals surface area contributed by atoms with Crippen molar-refractivity contribution in [2.75, 3.05) is 7.11 Å². The van der Waals surface area contributed by atoms with E-state index in [0.29, 0.717) is 5.82 Å². The Balaban J connectivity index is 2.24. The fraction of sp³-hybridized carbons (Fsp3) is 0.333. The molecule has 9 heteroatoms. The first kappa shape index (κ1) is 12.6. The summed E-state index contributed by atoms with van der Waals surface area (Å²) in [5.41, 5.74) is 0.800. The van der Waals surface area contributed by atoms with Gasteiger partial charge in [0.05, 0.1) is 7.11 Å². The molecule has 0 aliphatic heterocycles. The van der Waals surface area contributed by atoms with E-state index in [4.69, 9.17) is 0 Å². The first-order valence-electron chi connectivity index (χ1n) is 5.02. The van der Waals surface area contributed by atoms with Crippen LogP contribution < -0.4 is 4.57 Å². The summed E-state index contributed by atoms with van der Waals surface area (Å²) in [6, 6.07) is 3.47. The number of nitrogens with zero attached hydrogens (tertiary/aromatic N) is 5. The largest absolute Gasteiger partial charge is 0.329 e. The zero-order valence-corrected chi connectivity index (χ0v) is 10.7. The molecule has 2 rings (SSSR count). The van der Waals surface area contributed by atoms with Gasteiger partial charge in [-0.3, -0.25) is 4.18 Å². The van der Waals surface area contributed by atoms with Gasteiger partial charge in [-0.15, -0.1) is 5.10 Å². The molecule has 18 heavy (non-hydrogen) atoms. The quantitative estimate of drug-likeness (QED) is 0.528. The molecule has 0 amide bonds. The molecular formula is C9H12N5O3S+. The average Bonchev–Trinajstić information content (AvgIpc) is 2.76. The third-order valence-corrected chi connectivity index (χ3v) is 3.45. The molecule has 0 aliphatic rings. The van der Waals surface area contributed by atoms with Gasteiger partial charge in [-0.2, -0.15) is 13.0 Å². The average molecular weight is 270 g/mol. The number of aryl methyl sites for hydroxylation is 1. The highest BCUT2D eigenvalue weighted by Gasteiger charge is 2.16. The van der Waals surface area contributed by atoms with E-state index in [1.54, 1.807) is 31.6 Å². The van der Waals surface area contributed by atoms with Crippen LogP contribution in [0.25, 0.3) is 11.4 Å². The molecule has 0 spiro atoms. The molecule has 0 aromatic carbocycles. The van der Waals surface area contributed by atoms with Crippen molar-refractivity contribution in [3.8, 4) is 11.4 Å². The third kappa shape index (κ3) is 2.68. The van der Waals surface area contributed by atoms with Crippen molar-refractivity contribution < 1.29 is 17.2 Å². The van der Waals surface area contributed by atoms with E-state index >= 15 is 0 Å². The molecule has 8 nitrogen and oxygen atoms in total. The van der Waals surface area contributed by atoms with Gasteiger partial charge in [0.25, 0.3) is 5.88 Å². The maximum Gasteiger partial charge on any atom is 0.329 e. The van der Waals surface area contributed by atoms with Crippen molar-refractivity contribution >= 4 is 10.1 Å². The van der Waals surface area contributed by atoms with Gasteiger partial charge in [-0.25, -0.2) is 4.68 Å². The Morgan fingerprint density at radius 3 is 2.56 bits per heavy atom. The Bertz CT molecular complexity index is 634. The minimum atomic E-state index is -3.53. The summed E-state index contributed by atoms with van der Waals surface area (Å²) in [6.45, 7) is 0. The Morgan fingerprint density at radius 2 is 2.06 bits per heavy atom. The van der Waals surface area contributed by atoms with E-state index in [1.165, 1.54) is 9.25 Å². The highest BCUT2D eigenvalue weighted by atomic mass is 32.2. The number of tetrazole rings is 1. The summed E-state index contributed by atoms with van der Waals surface area (Å²) in [5.74, 6) is 0.373. The molecule has 0 bridgehead atoms. The predicted molar refractivity (Wildman–Crippen MR) is 60.4 cm³/mol. The van der Waals surface area contributed by atoms with Crippen LogP contribution in [-0.2, 0) is 27.2 Å². The van der Waals surface area contributed by atoms with Gasteiger partial charge in [0.2, 0.25) is 0 Å². The minimum Gasteiger partial charge on any atom is -0.269 e. The molecule has 2 aromatic rings. The lowest BCUT2D eigenvalue weighted by molar-refractivity contribution is -0.678. The highest BCUT2D eigenvalue weighted by Crippen LogP contribution is 2.11. The smallest absolute Gasteiger partial charge is 0.269 e. The van der Waals surface area contributed by atoms with Gasteiger partial charge in [0.1, 0.15) is 0 Å². The van der Waals surface area contributed by atoms with Crippen molar-refractivity contribution in [3.63, 3.8) is 0 Å². The lowest BCUT2D eigenvalue weighted by Gasteiger charge is -1.99. The van der Waals surface area contributed by atoms with Crippen molar-refractivity contribution in [1.82, 2.24) is 20.2 Å². The molecule has 0 aliphatic carbocycles. The molecule has 2 aromatic heterocycles. The van der Waals surface area contributed by atoms with Crippen LogP contribution in [0.4, 0.5) is 0 Å². The van der Waals surface area contributed by atoms with Crippen molar-refractivity contribution in [2.45, 2.75) is 5.88 Å². The van der Waals surface area contributed by atoms with Crippen LogP contribution in [0.2, 0.25) is 0 Å². The first-order chi connectivity index (χ1) is 8.52. The van der Waals surface area contributed by atoms with Crippen LogP contribution in [0.3, 0.4) is 0 Å². The van der Waals surface area contributed by atoms with Crippen LogP contribution in [-0.4, -0.2) is 35.7 Å². The molecule has 0 radical (unpaired) electrons. The number of pyridine rings is 1. The topological polar surface area (TPSA) is 90.8 Å². The summed E-state index contributed by atoms with van der Waals surface area (Å²) >= 11 is 0. The standard InChI is InChI=1S/C9H12N5O3S/c1-13-9(10-11-12-13)8-3-5-14(6-4-8)7-18(15,16)17-2/h3-6H,7H2,1-2H3/q+1. The monoisotopic (exact) mass is 270 g/mol. The predicted octanol–water partition coefficient (Wildman–Crippen LogP) is -0.902. The molecule has 0 saturated heterocycles. The van der Waals surface area contributed by atoms with Crippen molar-refractivity contribution in [1.29, 1.82) is 0 Å². The van der Waals surface area contributed by atoms with Crippen LogP contribution in [0.5, 0.6) is 0 Å². The summed E-state index contributed by atoms with van der Waals surface area (Å²) in [6.07, 6.45) is 3.25. The maximum atomic E-state index is 11.3. The fourth-order valence-electron chi connectivity index (χ4n) is 1.40. The molecule has 96 valence electrons. The second-order valence-electron chi connectivity index (χ2n) is 3.58. The van der Waals surface area contributed by atoms with E-state index in [2.05, 4.69) is 19.7 Å². The normalized spacial score (nSPS) is 11.7. The lowest BCUT2D eigenvalue weighted by atomic mass is 10.2. The van der Waals surface area contributed by atoms with E-state index in [1.807, 2.05) is 0 Å². The fourth-order valence-corrected chi connectivity index (χ4v) is 2.04. The second-order valence-corrected chi connectivity index (χ2v) is 5.29. The summed E-state index contributed by atoms with van der Waals surface area (Å²) < 4.78 is 29.9. The number of aromatic nitrogens is 5. The summed E-state index contributed by atoms with van der Waals surface area (Å²) in [4.78, 5) is 0.